The summed E-state index contributed by atoms with van der Waals surface area (Å²) in [6.45, 7) is 12.7. The standard InChI is InChI=1S/C17H37N/c1-6-9-10-11-12-13-14-15-16(18-8-3)17(4,5)7-2/h16,18H,6-15H2,1-5H3. The monoisotopic (exact) mass is 255 g/mol. The summed E-state index contributed by atoms with van der Waals surface area (Å²) >= 11 is 0. The van der Waals surface area contributed by atoms with Gasteiger partial charge in [-0.2, -0.15) is 0 Å². The second-order valence-electron chi connectivity index (χ2n) is 6.36. The Morgan fingerprint density at radius 3 is 1.89 bits per heavy atom. The van der Waals surface area contributed by atoms with E-state index in [2.05, 4.69) is 39.9 Å². The largest absolute Gasteiger partial charge is 0.314 e. The number of unbranched alkanes of at least 4 members (excludes halogenated alkanes) is 6. The van der Waals surface area contributed by atoms with Crippen LogP contribution in [0.25, 0.3) is 0 Å². The van der Waals surface area contributed by atoms with Gasteiger partial charge in [0, 0.05) is 6.04 Å². The number of hydrogen-bond donors (Lipinski definition) is 1. The van der Waals surface area contributed by atoms with Crippen LogP contribution in [0.15, 0.2) is 0 Å². The Balaban J connectivity index is 3.71. The van der Waals surface area contributed by atoms with Gasteiger partial charge in [0.05, 0.1) is 0 Å². The van der Waals surface area contributed by atoms with E-state index in [1.54, 1.807) is 0 Å². The highest BCUT2D eigenvalue weighted by Crippen LogP contribution is 2.28. The van der Waals surface area contributed by atoms with E-state index in [9.17, 15) is 0 Å². The Morgan fingerprint density at radius 1 is 0.833 bits per heavy atom. The third-order valence-electron chi connectivity index (χ3n) is 4.40. The van der Waals surface area contributed by atoms with Gasteiger partial charge in [0.25, 0.3) is 0 Å². The Kier molecular flexibility index (Phi) is 10.8. The van der Waals surface area contributed by atoms with Gasteiger partial charge in [-0.15, -0.1) is 0 Å². The van der Waals surface area contributed by atoms with Gasteiger partial charge in [-0.05, 0) is 24.8 Å². The first-order chi connectivity index (χ1) is 8.58. The highest BCUT2D eigenvalue weighted by atomic mass is 14.9. The van der Waals surface area contributed by atoms with Gasteiger partial charge >= 0.3 is 0 Å². The van der Waals surface area contributed by atoms with E-state index in [0.29, 0.717) is 11.5 Å². The van der Waals surface area contributed by atoms with Crippen LogP contribution in [0.4, 0.5) is 0 Å². The van der Waals surface area contributed by atoms with Crippen LogP contribution >= 0.6 is 0 Å². The van der Waals surface area contributed by atoms with Gasteiger partial charge in [0.2, 0.25) is 0 Å². The maximum atomic E-state index is 3.69. The highest BCUT2D eigenvalue weighted by molar-refractivity contribution is 4.82. The van der Waals surface area contributed by atoms with Gasteiger partial charge in [0.15, 0.2) is 0 Å². The third-order valence-corrected chi connectivity index (χ3v) is 4.40. The second kappa shape index (κ2) is 10.8. The fraction of sp³-hybridized carbons (Fsp3) is 1.00. The first kappa shape index (κ1) is 18.0. The SMILES string of the molecule is CCCCCCCCCC(NCC)C(C)(C)CC. The molecule has 0 rings (SSSR count). The average molecular weight is 255 g/mol. The molecule has 0 spiro atoms. The summed E-state index contributed by atoms with van der Waals surface area (Å²) in [4.78, 5) is 0. The summed E-state index contributed by atoms with van der Waals surface area (Å²) in [6.07, 6.45) is 12.5. The van der Waals surface area contributed by atoms with Crippen LogP contribution in [0.3, 0.4) is 0 Å². The third kappa shape index (κ3) is 8.13. The van der Waals surface area contributed by atoms with E-state index in [1.807, 2.05) is 0 Å². The molecule has 0 bridgehead atoms. The van der Waals surface area contributed by atoms with Crippen LogP contribution in [0.1, 0.15) is 92.4 Å². The van der Waals surface area contributed by atoms with E-state index in [0.717, 1.165) is 6.54 Å². The van der Waals surface area contributed by atoms with Crippen molar-refractivity contribution in [2.75, 3.05) is 6.54 Å². The molecule has 0 aromatic rings. The normalized spacial score (nSPS) is 13.8. The zero-order chi connectivity index (χ0) is 13.9. The zero-order valence-electron chi connectivity index (χ0n) is 13.6. The molecule has 0 aliphatic heterocycles. The van der Waals surface area contributed by atoms with Gasteiger partial charge < -0.3 is 5.32 Å². The van der Waals surface area contributed by atoms with Gasteiger partial charge in [0.1, 0.15) is 0 Å². The van der Waals surface area contributed by atoms with E-state index >= 15 is 0 Å². The topological polar surface area (TPSA) is 12.0 Å². The Labute approximate surface area is 116 Å². The van der Waals surface area contributed by atoms with Crippen LogP contribution in [-0.2, 0) is 0 Å². The fourth-order valence-corrected chi connectivity index (χ4v) is 2.57. The Hall–Kier alpha value is -0.0400. The van der Waals surface area contributed by atoms with Gasteiger partial charge in [-0.1, -0.05) is 79.6 Å². The molecule has 1 N–H and O–H groups in total. The van der Waals surface area contributed by atoms with E-state index in [4.69, 9.17) is 0 Å². The molecular formula is C17H37N. The van der Waals surface area contributed by atoms with Crippen molar-refractivity contribution in [3.05, 3.63) is 0 Å². The van der Waals surface area contributed by atoms with E-state index < -0.39 is 0 Å². The van der Waals surface area contributed by atoms with Crippen molar-refractivity contribution in [1.82, 2.24) is 5.32 Å². The fourth-order valence-electron chi connectivity index (χ4n) is 2.57. The highest BCUT2D eigenvalue weighted by Gasteiger charge is 2.26. The lowest BCUT2D eigenvalue weighted by Crippen LogP contribution is -2.41. The lowest BCUT2D eigenvalue weighted by atomic mass is 9.79. The lowest BCUT2D eigenvalue weighted by molar-refractivity contribution is 0.218. The van der Waals surface area contributed by atoms with Crippen LogP contribution < -0.4 is 5.32 Å². The van der Waals surface area contributed by atoms with Crippen LogP contribution in [0, 0.1) is 5.41 Å². The van der Waals surface area contributed by atoms with Crippen molar-refractivity contribution in [2.45, 2.75) is 98.4 Å². The number of nitrogens with one attached hydrogen (secondary N) is 1. The molecule has 1 nitrogen and oxygen atoms in total. The van der Waals surface area contributed by atoms with Gasteiger partial charge in [-0.3, -0.25) is 0 Å². The summed E-state index contributed by atoms with van der Waals surface area (Å²) in [5.41, 5.74) is 0.443. The van der Waals surface area contributed by atoms with Crippen molar-refractivity contribution in [3.63, 3.8) is 0 Å². The van der Waals surface area contributed by atoms with Crippen molar-refractivity contribution in [1.29, 1.82) is 0 Å². The molecule has 0 aromatic carbocycles. The molecule has 0 amide bonds. The first-order valence-corrected chi connectivity index (χ1v) is 8.31. The van der Waals surface area contributed by atoms with Crippen LogP contribution in [-0.4, -0.2) is 12.6 Å². The zero-order valence-corrected chi connectivity index (χ0v) is 13.6. The molecule has 1 atom stereocenters. The van der Waals surface area contributed by atoms with Crippen molar-refractivity contribution in [2.24, 2.45) is 5.41 Å². The molecule has 0 fully saturated rings. The molecule has 110 valence electrons. The van der Waals surface area contributed by atoms with Crippen molar-refractivity contribution >= 4 is 0 Å². The summed E-state index contributed by atoms with van der Waals surface area (Å²) in [7, 11) is 0. The quantitative estimate of drug-likeness (QED) is 0.451. The predicted molar refractivity (Wildman–Crippen MR) is 84.1 cm³/mol. The van der Waals surface area contributed by atoms with Crippen molar-refractivity contribution in [3.8, 4) is 0 Å². The van der Waals surface area contributed by atoms with Gasteiger partial charge in [-0.25, -0.2) is 0 Å². The van der Waals surface area contributed by atoms with Crippen molar-refractivity contribution < 1.29 is 0 Å². The molecule has 0 aromatic heterocycles. The Bertz CT molecular complexity index is 174. The maximum absolute atomic E-state index is 3.69. The number of rotatable bonds is 12. The first-order valence-electron chi connectivity index (χ1n) is 8.31. The molecular weight excluding hydrogens is 218 g/mol. The maximum Gasteiger partial charge on any atom is 0.0118 e. The molecule has 18 heavy (non-hydrogen) atoms. The van der Waals surface area contributed by atoms with E-state index in [1.165, 1.54) is 57.8 Å². The molecule has 0 aliphatic carbocycles. The van der Waals surface area contributed by atoms with E-state index in [-0.39, 0.29) is 0 Å². The average Bonchev–Trinajstić information content (AvgIpc) is 2.36. The molecule has 1 unspecified atom stereocenters. The molecule has 0 heterocycles. The molecule has 0 radical (unpaired) electrons. The minimum Gasteiger partial charge on any atom is -0.314 e. The Morgan fingerprint density at radius 2 is 1.39 bits per heavy atom. The second-order valence-corrected chi connectivity index (χ2v) is 6.36. The smallest absolute Gasteiger partial charge is 0.0118 e. The molecule has 1 heteroatoms. The summed E-state index contributed by atoms with van der Waals surface area (Å²) in [5.74, 6) is 0. The predicted octanol–water partition coefficient (Wildman–Crippen LogP) is 5.54. The summed E-state index contributed by atoms with van der Waals surface area (Å²) in [6, 6.07) is 0.697. The minimum absolute atomic E-state index is 0.443. The molecule has 0 saturated carbocycles. The number of hydrogen-bond acceptors (Lipinski definition) is 1. The molecule has 0 saturated heterocycles. The summed E-state index contributed by atoms with van der Waals surface area (Å²) < 4.78 is 0. The molecule has 0 aliphatic rings. The summed E-state index contributed by atoms with van der Waals surface area (Å²) in [5, 5.41) is 3.69. The lowest BCUT2D eigenvalue weighted by Gasteiger charge is -2.34. The van der Waals surface area contributed by atoms with Crippen LogP contribution in [0.5, 0.6) is 0 Å². The minimum atomic E-state index is 0.443. The van der Waals surface area contributed by atoms with Crippen LogP contribution in [0.2, 0.25) is 0 Å².